The maximum absolute atomic E-state index is 11.9. The first-order valence-electron chi connectivity index (χ1n) is 4.64. The molecule has 0 aliphatic carbocycles. The van der Waals surface area contributed by atoms with Crippen LogP contribution in [-0.4, -0.2) is 37.5 Å². The van der Waals surface area contributed by atoms with Crippen LogP contribution in [0, 0.1) is 0 Å². The number of hydrogen-bond acceptors (Lipinski definition) is 3. The molecule has 1 atom stereocenters. The van der Waals surface area contributed by atoms with Crippen molar-refractivity contribution in [3.8, 4) is 0 Å². The van der Waals surface area contributed by atoms with Gasteiger partial charge in [0.15, 0.2) is 0 Å². The number of nitrogens with zero attached hydrogens (tertiary/aromatic N) is 1. The number of likely N-dealkylation sites (N-methyl/N-ethyl adjacent to an activating group) is 1. The average molecular weight is 229 g/mol. The molecule has 1 aromatic carbocycles. The summed E-state index contributed by atoms with van der Waals surface area (Å²) in [7, 11) is -2.02. The molecule has 0 heterocycles. The first-order valence-corrected chi connectivity index (χ1v) is 6.08. The Morgan fingerprint density at radius 2 is 1.87 bits per heavy atom. The van der Waals surface area contributed by atoms with E-state index in [1.807, 2.05) is 0 Å². The van der Waals surface area contributed by atoms with E-state index in [0.717, 1.165) is 0 Å². The van der Waals surface area contributed by atoms with E-state index in [9.17, 15) is 8.42 Å². The first-order chi connectivity index (χ1) is 7.00. The molecule has 1 aromatic rings. The zero-order chi connectivity index (χ0) is 11.5. The van der Waals surface area contributed by atoms with Crippen molar-refractivity contribution in [2.75, 3.05) is 13.7 Å². The fourth-order valence-electron chi connectivity index (χ4n) is 1.11. The van der Waals surface area contributed by atoms with Crippen LogP contribution in [0.15, 0.2) is 35.2 Å². The van der Waals surface area contributed by atoms with Gasteiger partial charge in [0.25, 0.3) is 0 Å². The van der Waals surface area contributed by atoms with E-state index in [1.54, 1.807) is 25.1 Å². The van der Waals surface area contributed by atoms with Crippen molar-refractivity contribution in [1.29, 1.82) is 0 Å². The second-order valence-electron chi connectivity index (χ2n) is 3.37. The lowest BCUT2D eigenvalue weighted by Crippen LogP contribution is -2.37. The van der Waals surface area contributed by atoms with Crippen LogP contribution in [-0.2, 0) is 10.0 Å². The SMILES string of the molecule is C[C@@H](CO)N(C)S(=O)(=O)c1ccccc1. The maximum atomic E-state index is 11.9. The molecule has 0 aromatic heterocycles. The second-order valence-corrected chi connectivity index (χ2v) is 5.36. The molecular weight excluding hydrogens is 214 g/mol. The summed E-state index contributed by atoms with van der Waals surface area (Å²) in [5, 5.41) is 8.91. The molecule has 0 aliphatic heterocycles. The number of benzene rings is 1. The van der Waals surface area contributed by atoms with Gasteiger partial charge in [0.1, 0.15) is 0 Å². The minimum Gasteiger partial charge on any atom is -0.395 e. The van der Waals surface area contributed by atoms with Crippen molar-refractivity contribution in [3.05, 3.63) is 30.3 Å². The van der Waals surface area contributed by atoms with E-state index >= 15 is 0 Å². The summed E-state index contributed by atoms with van der Waals surface area (Å²) in [6, 6.07) is 7.75. The molecule has 0 radical (unpaired) electrons. The molecule has 84 valence electrons. The van der Waals surface area contributed by atoms with Crippen LogP contribution in [0.4, 0.5) is 0 Å². The van der Waals surface area contributed by atoms with Gasteiger partial charge in [-0.05, 0) is 19.1 Å². The number of sulfonamides is 1. The Morgan fingerprint density at radius 1 is 1.33 bits per heavy atom. The highest BCUT2D eigenvalue weighted by Gasteiger charge is 2.24. The summed E-state index contributed by atoms with van der Waals surface area (Å²) in [6.45, 7) is 1.46. The van der Waals surface area contributed by atoms with Gasteiger partial charge in [0, 0.05) is 13.1 Å². The first kappa shape index (κ1) is 12.2. The normalized spacial score (nSPS) is 14.1. The van der Waals surface area contributed by atoms with Crippen molar-refractivity contribution in [2.45, 2.75) is 17.9 Å². The Balaban J connectivity index is 3.04. The Morgan fingerprint density at radius 3 is 2.33 bits per heavy atom. The van der Waals surface area contributed by atoms with Crippen LogP contribution in [0.1, 0.15) is 6.92 Å². The summed E-state index contributed by atoms with van der Waals surface area (Å²) in [4.78, 5) is 0.243. The standard InChI is InChI=1S/C10H15NO3S/c1-9(8-12)11(2)15(13,14)10-6-4-3-5-7-10/h3-7,9,12H,8H2,1-2H3/t9-/m0/s1. The predicted octanol–water partition coefficient (Wildman–Crippen LogP) is 0.688. The highest BCUT2D eigenvalue weighted by molar-refractivity contribution is 7.89. The van der Waals surface area contributed by atoms with E-state index < -0.39 is 16.1 Å². The van der Waals surface area contributed by atoms with Crippen LogP contribution >= 0.6 is 0 Å². The van der Waals surface area contributed by atoms with E-state index in [-0.39, 0.29) is 11.5 Å². The van der Waals surface area contributed by atoms with Gasteiger partial charge in [-0.3, -0.25) is 0 Å². The van der Waals surface area contributed by atoms with Gasteiger partial charge in [-0.1, -0.05) is 18.2 Å². The number of hydrogen-bond donors (Lipinski definition) is 1. The van der Waals surface area contributed by atoms with Crippen molar-refractivity contribution < 1.29 is 13.5 Å². The molecule has 0 saturated heterocycles. The fourth-order valence-corrected chi connectivity index (χ4v) is 2.48. The predicted molar refractivity (Wildman–Crippen MR) is 57.9 cm³/mol. The quantitative estimate of drug-likeness (QED) is 0.826. The van der Waals surface area contributed by atoms with Gasteiger partial charge in [-0.15, -0.1) is 0 Å². The van der Waals surface area contributed by atoms with Crippen LogP contribution in [0.5, 0.6) is 0 Å². The number of aliphatic hydroxyl groups excluding tert-OH is 1. The molecule has 1 rings (SSSR count). The zero-order valence-electron chi connectivity index (χ0n) is 8.79. The summed E-state index contributed by atoms with van der Waals surface area (Å²) >= 11 is 0. The van der Waals surface area contributed by atoms with Crippen LogP contribution in [0.25, 0.3) is 0 Å². The highest BCUT2D eigenvalue weighted by Crippen LogP contribution is 2.15. The molecule has 4 nitrogen and oxygen atoms in total. The number of rotatable bonds is 4. The third kappa shape index (κ3) is 2.56. The lowest BCUT2D eigenvalue weighted by atomic mass is 10.4. The van der Waals surface area contributed by atoms with Gasteiger partial charge >= 0.3 is 0 Å². The van der Waals surface area contributed by atoms with E-state index in [2.05, 4.69) is 0 Å². The minimum atomic E-state index is -3.48. The van der Waals surface area contributed by atoms with Crippen molar-refractivity contribution in [1.82, 2.24) is 4.31 Å². The Labute approximate surface area is 90.2 Å². The van der Waals surface area contributed by atoms with Crippen LogP contribution in [0.3, 0.4) is 0 Å². The van der Waals surface area contributed by atoms with Crippen LogP contribution in [0.2, 0.25) is 0 Å². The maximum Gasteiger partial charge on any atom is 0.243 e. The molecule has 1 N–H and O–H groups in total. The molecule has 15 heavy (non-hydrogen) atoms. The highest BCUT2D eigenvalue weighted by atomic mass is 32.2. The minimum absolute atomic E-state index is 0.192. The van der Waals surface area contributed by atoms with Gasteiger partial charge in [0.2, 0.25) is 10.0 Å². The molecule has 0 aliphatic rings. The Bertz CT molecular complexity index is 402. The summed E-state index contributed by atoms with van der Waals surface area (Å²) < 4.78 is 25.1. The molecule has 0 bridgehead atoms. The third-order valence-electron chi connectivity index (χ3n) is 2.31. The summed E-state index contributed by atoms with van der Waals surface area (Å²) in [6.07, 6.45) is 0. The van der Waals surface area contributed by atoms with Gasteiger partial charge < -0.3 is 5.11 Å². The Kier molecular flexibility index (Phi) is 3.84. The average Bonchev–Trinajstić information content (AvgIpc) is 2.28. The lowest BCUT2D eigenvalue weighted by Gasteiger charge is -2.22. The monoisotopic (exact) mass is 229 g/mol. The largest absolute Gasteiger partial charge is 0.395 e. The fraction of sp³-hybridized carbons (Fsp3) is 0.400. The molecular formula is C10H15NO3S. The van der Waals surface area contributed by atoms with Crippen molar-refractivity contribution in [2.24, 2.45) is 0 Å². The van der Waals surface area contributed by atoms with E-state index in [0.29, 0.717) is 0 Å². The molecule has 0 unspecified atom stereocenters. The van der Waals surface area contributed by atoms with Crippen LogP contribution < -0.4 is 0 Å². The molecule has 0 saturated carbocycles. The smallest absolute Gasteiger partial charge is 0.243 e. The topological polar surface area (TPSA) is 57.6 Å². The number of aliphatic hydroxyl groups is 1. The lowest BCUT2D eigenvalue weighted by molar-refractivity contribution is 0.214. The molecule has 5 heteroatoms. The van der Waals surface area contributed by atoms with E-state index in [4.69, 9.17) is 5.11 Å². The summed E-state index contributed by atoms with van der Waals surface area (Å²) in [5.41, 5.74) is 0. The van der Waals surface area contributed by atoms with Gasteiger partial charge in [0.05, 0.1) is 11.5 Å². The van der Waals surface area contributed by atoms with Crippen molar-refractivity contribution in [3.63, 3.8) is 0 Å². The zero-order valence-corrected chi connectivity index (χ0v) is 9.61. The van der Waals surface area contributed by atoms with E-state index in [1.165, 1.54) is 23.5 Å². The summed E-state index contributed by atoms with van der Waals surface area (Å²) in [5.74, 6) is 0. The van der Waals surface area contributed by atoms with Gasteiger partial charge in [-0.25, -0.2) is 8.42 Å². The molecule has 0 spiro atoms. The van der Waals surface area contributed by atoms with Crippen molar-refractivity contribution >= 4 is 10.0 Å². The molecule has 0 fully saturated rings. The third-order valence-corrected chi connectivity index (χ3v) is 4.29. The molecule has 0 amide bonds. The second kappa shape index (κ2) is 4.74. The Hall–Kier alpha value is -0.910. The van der Waals surface area contributed by atoms with Gasteiger partial charge in [-0.2, -0.15) is 4.31 Å².